The molecule has 0 atom stereocenters. The summed E-state index contributed by atoms with van der Waals surface area (Å²) in [4.78, 5) is 12.3. The van der Waals surface area contributed by atoms with E-state index in [1.807, 2.05) is 0 Å². The van der Waals surface area contributed by atoms with Gasteiger partial charge in [-0.05, 0) is 177 Å². The van der Waals surface area contributed by atoms with Crippen molar-refractivity contribution >= 4 is 5.97 Å². The number of unbranched alkanes of at least 4 members (excludes halogenated alkanes) is 4. The number of aryl methyl sites for hydroxylation is 3. The fourth-order valence-corrected chi connectivity index (χ4v) is 10.2. The van der Waals surface area contributed by atoms with Crippen molar-refractivity contribution in [2.24, 2.45) is 11.3 Å². The van der Waals surface area contributed by atoms with Crippen molar-refractivity contribution in [3.05, 3.63) is 119 Å². The lowest BCUT2D eigenvalue weighted by atomic mass is 9.73. The van der Waals surface area contributed by atoms with Gasteiger partial charge in [0.15, 0.2) is 0 Å². The van der Waals surface area contributed by atoms with Gasteiger partial charge in [0, 0.05) is 5.57 Å². The van der Waals surface area contributed by atoms with Crippen molar-refractivity contribution in [2.75, 3.05) is 6.61 Å². The van der Waals surface area contributed by atoms with E-state index < -0.39 is 0 Å². The molecule has 0 aromatic heterocycles. The Hall–Kier alpha value is -3.65. The normalized spacial score (nSPS) is 15.5. The molecule has 0 saturated heterocycles. The molecular formula is C59H86O2. The highest BCUT2D eigenvalue weighted by molar-refractivity contribution is 5.86. The van der Waals surface area contributed by atoms with Crippen LogP contribution in [0.5, 0.6) is 0 Å². The topological polar surface area (TPSA) is 26.3 Å². The first-order valence-corrected chi connectivity index (χ1v) is 25.0. The molecule has 0 heterocycles. The Morgan fingerprint density at radius 3 is 1.87 bits per heavy atom. The predicted molar refractivity (Wildman–Crippen MR) is 267 cm³/mol. The largest absolute Gasteiger partial charge is 0.462 e. The van der Waals surface area contributed by atoms with Crippen molar-refractivity contribution in [1.82, 2.24) is 0 Å². The van der Waals surface area contributed by atoms with Crippen molar-refractivity contribution in [3.8, 4) is 22.3 Å². The van der Waals surface area contributed by atoms with Crippen LogP contribution in [0.25, 0.3) is 22.3 Å². The summed E-state index contributed by atoms with van der Waals surface area (Å²) < 4.78 is 5.62. The van der Waals surface area contributed by atoms with Crippen LogP contribution in [0.4, 0.5) is 0 Å². The van der Waals surface area contributed by atoms with Crippen LogP contribution in [0.2, 0.25) is 0 Å². The number of ether oxygens (including phenoxy) is 1. The zero-order chi connectivity index (χ0) is 44.2. The summed E-state index contributed by atoms with van der Waals surface area (Å²) in [7, 11) is 0. The van der Waals surface area contributed by atoms with Gasteiger partial charge < -0.3 is 4.74 Å². The SMILES string of the molecule is C=C(C)C(=C)CCCCc1cc(-c2ccc(-c3ccc(C4CCC(CCCCC)CC4)cc3)cc2CC)cc(CCCOC(=O)C(=C)C)c1CCCC(CC)(CC)CCCC. The molecule has 0 spiro atoms. The van der Waals surface area contributed by atoms with Crippen LogP contribution in [0.3, 0.4) is 0 Å². The van der Waals surface area contributed by atoms with Crippen LogP contribution in [-0.2, 0) is 35.2 Å². The third-order valence-electron chi connectivity index (χ3n) is 14.7. The van der Waals surface area contributed by atoms with E-state index in [1.165, 1.54) is 152 Å². The van der Waals surface area contributed by atoms with E-state index in [1.54, 1.807) is 6.92 Å². The summed E-state index contributed by atoms with van der Waals surface area (Å²) >= 11 is 0. The van der Waals surface area contributed by atoms with Gasteiger partial charge in [-0.1, -0.05) is 171 Å². The van der Waals surface area contributed by atoms with E-state index in [4.69, 9.17) is 4.74 Å². The Balaban J connectivity index is 1.65. The van der Waals surface area contributed by atoms with Gasteiger partial charge in [-0.15, -0.1) is 0 Å². The average Bonchev–Trinajstić information content (AvgIpc) is 3.28. The second-order valence-electron chi connectivity index (χ2n) is 19.1. The maximum absolute atomic E-state index is 12.3. The first-order valence-electron chi connectivity index (χ1n) is 25.0. The predicted octanol–water partition coefficient (Wildman–Crippen LogP) is 17.7. The molecule has 3 aromatic carbocycles. The molecule has 1 aliphatic rings. The third kappa shape index (κ3) is 15.3. The van der Waals surface area contributed by atoms with Gasteiger partial charge in [0.25, 0.3) is 0 Å². The van der Waals surface area contributed by atoms with Gasteiger partial charge in [-0.3, -0.25) is 0 Å². The Morgan fingerprint density at radius 1 is 0.639 bits per heavy atom. The highest BCUT2D eigenvalue weighted by Gasteiger charge is 2.26. The highest BCUT2D eigenvalue weighted by Crippen LogP contribution is 2.41. The molecule has 61 heavy (non-hydrogen) atoms. The van der Waals surface area contributed by atoms with Crippen molar-refractivity contribution < 1.29 is 9.53 Å². The first kappa shape index (κ1) is 50.0. The highest BCUT2D eigenvalue weighted by atomic mass is 16.5. The number of esters is 1. The molecule has 0 radical (unpaired) electrons. The molecular weight excluding hydrogens is 741 g/mol. The molecule has 0 unspecified atom stereocenters. The number of hydrogen-bond acceptors (Lipinski definition) is 2. The lowest BCUT2D eigenvalue weighted by Gasteiger charge is -2.32. The molecule has 0 aliphatic heterocycles. The molecule has 1 aliphatic carbocycles. The Morgan fingerprint density at radius 2 is 1.26 bits per heavy atom. The van der Waals surface area contributed by atoms with Gasteiger partial charge >= 0.3 is 5.97 Å². The van der Waals surface area contributed by atoms with Gasteiger partial charge in [-0.2, -0.15) is 0 Å². The number of benzene rings is 3. The second kappa shape index (κ2) is 26.1. The number of allylic oxidation sites excluding steroid dienone is 2. The second-order valence-corrected chi connectivity index (χ2v) is 19.1. The van der Waals surface area contributed by atoms with Crippen LogP contribution < -0.4 is 0 Å². The number of rotatable bonds is 28. The molecule has 4 rings (SSSR count). The van der Waals surface area contributed by atoms with Crippen LogP contribution in [-0.4, -0.2) is 12.6 Å². The van der Waals surface area contributed by atoms with E-state index in [-0.39, 0.29) is 5.97 Å². The minimum absolute atomic E-state index is 0.295. The smallest absolute Gasteiger partial charge is 0.333 e. The van der Waals surface area contributed by atoms with Crippen molar-refractivity contribution in [1.29, 1.82) is 0 Å². The first-order chi connectivity index (χ1) is 29.5. The standard InChI is InChI=1S/C59H86O2/c1-11-16-18-24-47-28-30-49(31-29-47)50-32-34-51(35-33-50)52-36-37-57(48(13-3)41-52)55-42-53(25-20-19-23-46(10)44(6)7)56(27-21-39-59(14-4,15-5)38-17-12-2)54(43-55)26-22-40-61-58(60)45(8)9/h32-37,41-43,47,49H,6,8,10-31,38-40H2,1-5,7,9H3. The fourth-order valence-electron chi connectivity index (χ4n) is 10.2. The maximum atomic E-state index is 12.3. The minimum atomic E-state index is -0.295. The maximum Gasteiger partial charge on any atom is 0.333 e. The zero-order valence-electron chi connectivity index (χ0n) is 40.3. The molecule has 0 bridgehead atoms. The summed E-state index contributed by atoms with van der Waals surface area (Å²) in [5.74, 6) is 1.36. The van der Waals surface area contributed by atoms with Crippen LogP contribution in [0.15, 0.2) is 91.1 Å². The lowest BCUT2D eigenvalue weighted by molar-refractivity contribution is -0.139. The van der Waals surface area contributed by atoms with E-state index in [0.717, 1.165) is 62.9 Å². The molecule has 3 aromatic rings. The summed E-state index contributed by atoms with van der Waals surface area (Å²) in [5.41, 5.74) is 15.8. The quantitative estimate of drug-likeness (QED) is 0.0315. The Bertz CT molecular complexity index is 1770. The molecule has 334 valence electrons. The van der Waals surface area contributed by atoms with Crippen molar-refractivity contribution in [2.45, 2.75) is 202 Å². The van der Waals surface area contributed by atoms with Gasteiger partial charge in [0.2, 0.25) is 0 Å². The summed E-state index contributed by atoms with van der Waals surface area (Å²) in [5, 5.41) is 0. The zero-order valence-corrected chi connectivity index (χ0v) is 40.3. The minimum Gasteiger partial charge on any atom is -0.462 e. The van der Waals surface area contributed by atoms with E-state index in [0.29, 0.717) is 23.5 Å². The Kier molecular flexibility index (Phi) is 21.4. The van der Waals surface area contributed by atoms with E-state index >= 15 is 0 Å². The van der Waals surface area contributed by atoms with E-state index in [2.05, 4.69) is 116 Å². The van der Waals surface area contributed by atoms with Crippen LogP contribution >= 0.6 is 0 Å². The van der Waals surface area contributed by atoms with E-state index in [9.17, 15) is 4.79 Å². The summed E-state index contributed by atoms with van der Waals surface area (Å²) in [6.07, 6.45) is 28.0. The Labute approximate surface area is 375 Å². The molecule has 2 nitrogen and oxygen atoms in total. The molecule has 1 fully saturated rings. The molecule has 1 saturated carbocycles. The number of carbonyl (C=O) groups is 1. The number of carbonyl (C=O) groups excluding carboxylic acids is 1. The lowest BCUT2D eigenvalue weighted by Crippen LogP contribution is -2.19. The molecule has 0 amide bonds. The molecule has 0 N–H and O–H groups in total. The monoisotopic (exact) mass is 827 g/mol. The number of hydrogen-bond donors (Lipinski definition) is 0. The fraction of sp³-hybridized carbons (Fsp3) is 0.576. The average molecular weight is 827 g/mol. The van der Waals surface area contributed by atoms with Gasteiger partial charge in [-0.25, -0.2) is 4.79 Å². The van der Waals surface area contributed by atoms with Gasteiger partial charge in [0.05, 0.1) is 6.61 Å². The summed E-state index contributed by atoms with van der Waals surface area (Å²) in [6, 6.07) is 21.8. The van der Waals surface area contributed by atoms with Crippen molar-refractivity contribution in [3.63, 3.8) is 0 Å². The van der Waals surface area contributed by atoms with Gasteiger partial charge in [0.1, 0.15) is 0 Å². The molecule has 2 heteroatoms. The third-order valence-corrected chi connectivity index (χ3v) is 14.7. The summed E-state index contributed by atoms with van der Waals surface area (Å²) in [6.45, 7) is 28.2. The van der Waals surface area contributed by atoms with Crippen LogP contribution in [0, 0.1) is 11.3 Å². The van der Waals surface area contributed by atoms with Crippen LogP contribution in [0.1, 0.15) is 204 Å².